The summed E-state index contributed by atoms with van der Waals surface area (Å²) in [5.74, 6) is 1.25. The van der Waals surface area contributed by atoms with E-state index in [-0.39, 0.29) is 12.5 Å². The molecule has 1 aliphatic rings. The number of ether oxygens (including phenoxy) is 1. The van der Waals surface area contributed by atoms with Crippen molar-refractivity contribution in [3.05, 3.63) is 28.2 Å². The van der Waals surface area contributed by atoms with Crippen LogP contribution in [0.2, 0.25) is 0 Å². The summed E-state index contributed by atoms with van der Waals surface area (Å²) in [7, 11) is 0. The van der Waals surface area contributed by atoms with Crippen LogP contribution in [0.4, 0.5) is 0 Å². The highest BCUT2D eigenvalue weighted by Crippen LogP contribution is 2.26. The number of rotatable bonds is 4. The average Bonchev–Trinajstić information content (AvgIpc) is 2.40. The molecule has 0 aliphatic heterocycles. The molecule has 110 valence electrons. The Morgan fingerprint density at radius 2 is 2.15 bits per heavy atom. The number of amides is 1. The van der Waals surface area contributed by atoms with E-state index in [4.69, 9.17) is 4.74 Å². The SMILES string of the molecule is Cc1ccc(OCC(=O)N[C@@H]2CCCC[C@H]2C)c(Br)c1. The summed E-state index contributed by atoms with van der Waals surface area (Å²) in [6.07, 6.45) is 4.77. The summed E-state index contributed by atoms with van der Waals surface area (Å²) in [4.78, 5) is 12.0. The fourth-order valence-corrected chi connectivity index (χ4v) is 3.25. The molecule has 1 N–H and O–H groups in total. The van der Waals surface area contributed by atoms with E-state index >= 15 is 0 Å². The van der Waals surface area contributed by atoms with E-state index in [0.29, 0.717) is 17.7 Å². The molecule has 0 spiro atoms. The van der Waals surface area contributed by atoms with Crippen molar-refractivity contribution in [2.75, 3.05) is 6.61 Å². The first-order valence-corrected chi connectivity index (χ1v) is 8.04. The Bertz CT molecular complexity index is 476. The number of hydrogen-bond acceptors (Lipinski definition) is 2. The van der Waals surface area contributed by atoms with Crippen LogP contribution in [0.15, 0.2) is 22.7 Å². The van der Waals surface area contributed by atoms with E-state index in [1.54, 1.807) is 0 Å². The summed E-state index contributed by atoms with van der Waals surface area (Å²) < 4.78 is 6.46. The van der Waals surface area contributed by atoms with Crippen LogP contribution in [0.5, 0.6) is 5.75 Å². The fourth-order valence-electron chi connectivity index (χ4n) is 2.65. The van der Waals surface area contributed by atoms with Crippen LogP contribution in [-0.4, -0.2) is 18.6 Å². The third kappa shape index (κ3) is 4.23. The Balaban J connectivity index is 1.82. The molecule has 0 radical (unpaired) electrons. The smallest absolute Gasteiger partial charge is 0.258 e. The van der Waals surface area contributed by atoms with E-state index in [2.05, 4.69) is 28.2 Å². The normalized spacial score (nSPS) is 22.4. The van der Waals surface area contributed by atoms with Crippen LogP contribution in [0.1, 0.15) is 38.2 Å². The maximum Gasteiger partial charge on any atom is 0.258 e. The number of aryl methyl sites for hydroxylation is 1. The van der Waals surface area contributed by atoms with Gasteiger partial charge in [-0.1, -0.05) is 25.8 Å². The Kier molecular flexibility index (Phi) is 5.46. The Morgan fingerprint density at radius 3 is 2.85 bits per heavy atom. The van der Waals surface area contributed by atoms with Crippen molar-refractivity contribution < 1.29 is 9.53 Å². The lowest BCUT2D eigenvalue weighted by Crippen LogP contribution is -2.43. The lowest BCUT2D eigenvalue weighted by atomic mass is 9.86. The number of carbonyl (C=O) groups is 1. The van der Waals surface area contributed by atoms with E-state index in [1.807, 2.05) is 25.1 Å². The predicted molar refractivity (Wildman–Crippen MR) is 83.9 cm³/mol. The average molecular weight is 340 g/mol. The molecule has 0 heterocycles. The molecule has 0 unspecified atom stereocenters. The molecular formula is C16H22BrNO2. The first-order chi connectivity index (χ1) is 9.56. The molecule has 1 aromatic carbocycles. The Hall–Kier alpha value is -1.03. The van der Waals surface area contributed by atoms with Crippen LogP contribution < -0.4 is 10.1 Å². The molecule has 0 aromatic heterocycles. The zero-order valence-electron chi connectivity index (χ0n) is 12.1. The van der Waals surface area contributed by atoms with Crippen LogP contribution in [-0.2, 0) is 4.79 Å². The fraction of sp³-hybridized carbons (Fsp3) is 0.562. The molecule has 1 fully saturated rings. The van der Waals surface area contributed by atoms with Gasteiger partial charge in [0.2, 0.25) is 0 Å². The lowest BCUT2D eigenvalue weighted by Gasteiger charge is -2.29. The standard InChI is InChI=1S/C16H22BrNO2/c1-11-7-8-15(13(17)9-11)20-10-16(19)18-14-6-4-3-5-12(14)2/h7-9,12,14H,3-6,10H2,1-2H3,(H,18,19)/t12-,14-/m1/s1. The van der Waals surface area contributed by atoms with Gasteiger partial charge in [0, 0.05) is 6.04 Å². The molecular weight excluding hydrogens is 318 g/mol. The third-order valence-corrected chi connectivity index (χ3v) is 4.52. The molecule has 20 heavy (non-hydrogen) atoms. The number of hydrogen-bond donors (Lipinski definition) is 1. The molecule has 0 saturated heterocycles. The van der Waals surface area contributed by atoms with E-state index in [9.17, 15) is 4.79 Å². The zero-order valence-corrected chi connectivity index (χ0v) is 13.7. The predicted octanol–water partition coefficient (Wildman–Crippen LogP) is 3.83. The molecule has 2 rings (SSSR count). The van der Waals surface area contributed by atoms with Crippen molar-refractivity contribution in [1.29, 1.82) is 0 Å². The van der Waals surface area contributed by atoms with Crippen molar-refractivity contribution in [2.24, 2.45) is 5.92 Å². The maximum absolute atomic E-state index is 12.0. The molecule has 3 nitrogen and oxygen atoms in total. The summed E-state index contributed by atoms with van der Waals surface area (Å²) >= 11 is 3.45. The number of benzene rings is 1. The molecule has 1 aromatic rings. The van der Waals surface area contributed by atoms with Crippen molar-refractivity contribution in [3.8, 4) is 5.75 Å². The van der Waals surface area contributed by atoms with Gasteiger partial charge in [-0.3, -0.25) is 4.79 Å². The van der Waals surface area contributed by atoms with Gasteiger partial charge >= 0.3 is 0 Å². The number of carbonyl (C=O) groups excluding carboxylic acids is 1. The highest BCUT2D eigenvalue weighted by atomic mass is 79.9. The zero-order chi connectivity index (χ0) is 14.5. The number of nitrogens with one attached hydrogen (secondary N) is 1. The Morgan fingerprint density at radius 1 is 1.40 bits per heavy atom. The van der Waals surface area contributed by atoms with Crippen LogP contribution in [0.25, 0.3) is 0 Å². The first-order valence-electron chi connectivity index (χ1n) is 7.24. The van der Waals surface area contributed by atoms with Crippen LogP contribution >= 0.6 is 15.9 Å². The third-order valence-electron chi connectivity index (χ3n) is 3.90. The second-order valence-corrected chi connectivity index (χ2v) is 6.51. The molecule has 1 amide bonds. The van der Waals surface area contributed by atoms with Gasteiger partial charge < -0.3 is 10.1 Å². The van der Waals surface area contributed by atoms with Gasteiger partial charge in [-0.25, -0.2) is 0 Å². The molecule has 2 atom stereocenters. The molecule has 1 aliphatic carbocycles. The highest BCUT2D eigenvalue weighted by molar-refractivity contribution is 9.10. The quantitative estimate of drug-likeness (QED) is 0.905. The van der Waals surface area contributed by atoms with Gasteiger partial charge in [0.15, 0.2) is 6.61 Å². The lowest BCUT2D eigenvalue weighted by molar-refractivity contribution is -0.124. The molecule has 4 heteroatoms. The second kappa shape index (κ2) is 7.11. The summed E-state index contributed by atoms with van der Waals surface area (Å²) in [5, 5.41) is 3.09. The van der Waals surface area contributed by atoms with Crippen LogP contribution in [0.3, 0.4) is 0 Å². The van der Waals surface area contributed by atoms with Gasteiger partial charge in [-0.15, -0.1) is 0 Å². The first kappa shape index (κ1) is 15.4. The molecule has 0 bridgehead atoms. The summed E-state index contributed by atoms with van der Waals surface area (Å²) in [6.45, 7) is 4.30. The largest absolute Gasteiger partial charge is 0.483 e. The van der Waals surface area contributed by atoms with Crippen molar-refractivity contribution in [3.63, 3.8) is 0 Å². The minimum absolute atomic E-state index is 0.0313. The summed E-state index contributed by atoms with van der Waals surface area (Å²) in [5.41, 5.74) is 1.16. The molecule has 1 saturated carbocycles. The maximum atomic E-state index is 12.0. The Labute approximate surface area is 129 Å². The van der Waals surface area contributed by atoms with Crippen molar-refractivity contribution in [1.82, 2.24) is 5.32 Å². The van der Waals surface area contributed by atoms with E-state index < -0.39 is 0 Å². The highest BCUT2D eigenvalue weighted by Gasteiger charge is 2.22. The monoisotopic (exact) mass is 339 g/mol. The second-order valence-electron chi connectivity index (χ2n) is 5.66. The van der Waals surface area contributed by atoms with Gasteiger partial charge in [0.1, 0.15) is 5.75 Å². The summed E-state index contributed by atoms with van der Waals surface area (Å²) in [6, 6.07) is 6.15. The van der Waals surface area contributed by atoms with Crippen LogP contribution in [0, 0.1) is 12.8 Å². The van der Waals surface area contributed by atoms with Gasteiger partial charge in [0.05, 0.1) is 4.47 Å². The topological polar surface area (TPSA) is 38.3 Å². The minimum Gasteiger partial charge on any atom is -0.483 e. The van der Waals surface area contributed by atoms with E-state index in [1.165, 1.54) is 19.3 Å². The van der Waals surface area contributed by atoms with E-state index in [0.717, 1.165) is 16.5 Å². The van der Waals surface area contributed by atoms with Gasteiger partial charge in [-0.05, 0) is 59.3 Å². The van der Waals surface area contributed by atoms with Gasteiger partial charge in [-0.2, -0.15) is 0 Å². The number of halogens is 1. The minimum atomic E-state index is -0.0313. The van der Waals surface area contributed by atoms with Crippen molar-refractivity contribution >= 4 is 21.8 Å². The van der Waals surface area contributed by atoms with Crippen molar-refractivity contribution in [2.45, 2.75) is 45.6 Å². The van der Waals surface area contributed by atoms with Gasteiger partial charge in [0.25, 0.3) is 5.91 Å².